The summed E-state index contributed by atoms with van der Waals surface area (Å²) in [6.45, 7) is 4.76. The predicted molar refractivity (Wildman–Crippen MR) is 94.1 cm³/mol. The lowest BCUT2D eigenvalue weighted by Crippen LogP contribution is -2.44. The third kappa shape index (κ3) is 5.99. The SMILES string of the molecule is CC(CNC(=O)CC1CSCCN1)N(C)Cc1ccccc1. The minimum atomic E-state index is 0.153. The average molecular weight is 321 g/mol. The molecule has 0 aromatic heterocycles. The van der Waals surface area contributed by atoms with Gasteiger partial charge in [0.2, 0.25) is 5.91 Å². The Morgan fingerprint density at radius 3 is 2.91 bits per heavy atom. The molecule has 22 heavy (non-hydrogen) atoms. The molecule has 1 aromatic carbocycles. The van der Waals surface area contributed by atoms with Crippen molar-refractivity contribution in [3.8, 4) is 0 Å². The van der Waals surface area contributed by atoms with E-state index in [0.717, 1.165) is 24.6 Å². The zero-order valence-electron chi connectivity index (χ0n) is 13.5. The van der Waals surface area contributed by atoms with Crippen LogP contribution in [0.3, 0.4) is 0 Å². The van der Waals surface area contributed by atoms with Crippen LogP contribution < -0.4 is 10.6 Å². The number of likely N-dealkylation sites (N-methyl/N-ethyl adjacent to an activating group) is 1. The van der Waals surface area contributed by atoms with Crippen LogP contribution in [0.2, 0.25) is 0 Å². The first-order chi connectivity index (χ1) is 10.6. The smallest absolute Gasteiger partial charge is 0.221 e. The summed E-state index contributed by atoms with van der Waals surface area (Å²) < 4.78 is 0. The van der Waals surface area contributed by atoms with Crippen molar-refractivity contribution >= 4 is 17.7 Å². The quantitative estimate of drug-likeness (QED) is 0.803. The molecule has 0 bridgehead atoms. The van der Waals surface area contributed by atoms with Crippen molar-refractivity contribution in [1.82, 2.24) is 15.5 Å². The Balaban J connectivity index is 1.67. The van der Waals surface area contributed by atoms with Crippen LogP contribution in [0, 0.1) is 0 Å². The summed E-state index contributed by atoms with van der Waals surface area (Å²) in [5.74, 6) is 2.34. The standard InChI is InChI=1S/C17H27N3OS/c1-14(20(2)12-15-6-4-3-5-7-15)11-19-17(21)10-16-13-22-9-8-18-16/h3-7,14,16,18H,8-13H2,1-2H3,(H,19,21). The maximum atomic E-state index is 12.0. The van der Waals surface area contributed by atoms with Gasteiger partial charge < -0.3 is 10.6 Å². The van der Waals surface area contributed by atoms with E-state index in [2.05, 4.69) is 53.8 Å². The molecule has 0 aliphatic carbocycles. The van der Waals surface area contributed by atoms with E-state index in [1.165, 1.54) is 5.56 Å². The molecule has 1 saturated heterocycles. The third-order valence-corrected chi connectivity index (χ3v) is 5.18. The van der Waals surface area contributed by atoms with Gasteiger partial charge in [0.05, 0.1) is 0 Å². The lowest BCUT2D eigenvalue weighted by atomic mass is 10.2. The lowest BCUT2D eigenvalue weighted by Gasteiger charge is -2.26. The van der Waals surface area contributed by atoms with E-state index >= 15 is 0 Å². The Morgan fingerprint density at radius 1 is 1.45 bits per heavy atom. The largest absolute Gasteiger partial charge is 0.354 e. The molecule has 1 aromatic rings. The van der Waals surface area contributed by atoms with E-state index in [4.69, 9.17) is 0 Å². The summed E-state index contributed by atoms with van der Waals surface area (Å²) in [5.41, 5.74) is 1.30. The highest BCUT2D eigenvalue weighted by atomic mass is 32.2. The second kappa shape index (κ2) is 9.18. The Labute approximate surface area is 138 Å². The maximum absolute atomic E-state index is 12.0. The van der Waals surface area contributed by atoms with Gasteiger partial charge in [0.25, 0.3) is 0 Å². The number of thioether (sulfide) groups is 1. The molecule has 1 aliphatic rings. The number of benzene rings is 1. The van der Waals surface area contributed by atoms with Crippen molar-refractivity contribution in [2.24, 2.45) is 0 Å². The van der Waals surface area contributed by atoms with Crippen molar-refractivity contribution in [2.45, 2.75) is 32.0 Å². The van der Waals surface area contributed by atoms with E-state index in [1.54, 1.807) is 0 Å². The normalized spacial score (nSPS) is 19.9. The second-order valence-corrected chi connectivity index (χ2v) is 7.13. The lowest BCUT2D eigenvalue weighted by molar-refractivity contribution is -0.121. The van der Waals surface area contributed by atoms with Crippen LogP contribution in [0.1, 0.15) is 18.9 Å². The molecule has 2 rings (SSSR count). The van der Waals surface area contributed by atoms with Crippen molar-refractivity contribution in [3.05, 3.63) is 35.9 Å². The summed E-state index contributed by atoms with van der Waals surface area (Å²) in [6, 6.07) is 11.1. The molecule has 0 radical (unpaired) electrons. The first-order valence-electron chi connectivity index (χ1n) is 7.97. The van der Waals surface area contributed by atoms with Gasteiger partial charge in [-0.1, -0.05) is 30.3 Å². The molecule has 1 amide bonds. The van der Waals surface area contributed by atoms with Gasteiger partial charge in [-0.2, -0.15) is 11.8 Å². The van der Waals surface area contributed by atoms with Crippen LogP contribution in [0.4, 0.5) is 0 Å². The number of carbonyl (C=O) groups excluding carboxylic acids is 1. The number of nitrogens with zero attached hydrogens (tertiary/aromatic N) is 1. The summed E-state index contributed by atoms with van der Waals surface area (Å²) >= 11 is 1.92. The summed E-state index contributed by atoms with van der Waals surface area (Å²) in [7, 11) is 2.10. The van der Waals surface area contributed by atoms with Crippen LogP contribution in [-0.2, 0) is 11.3 Å². The molecule has 5 heteroatoms. The fourth-order valence-corrected chi connectivity index (χ4v) is 3.44. The monoisotopic (exact) mass is 321 g/mol. The van der Waals surface area contributed by atoms with E-state index in [-0.39, 0.29) is 5.91 Å². The topological polar surface area (TPSA) is 44.4 Å². The molecule has 1 aliphatic heterocycles. The summed E-state index contributed by atoms with van der Waals surface area (Å²) in [5, 5.41) is 6.47. The van der Waals surface area contributed by atoms with E-state index < -0.39 is 0 Å². The van der Waals surface area contributed by atoms with Crippen molar-refractivity contribution < 1.29 is 4.79 Å². The number of amides is 1. The third-order valence-electron chi connectivity index (χ3n) is 4.05. The molecular formula is C17H27N3OS. The molecule has 0 saturated carbocycles. The van der Waals surface area contributed by atoms with Crippen molar-refractivity contribution in [3.63, 3.8) is 0 Å². The van der Waals surface area contributed by atoms with Gasteiger partial charge in [0, 0.05) is 49.6 Å². The zero-order valence-corrected chi connectivity index (χ0v) is 14.4. The van der Waals surface area contributed by atoms with E-state index in [1.807, 2.05) is 17.8 Å². The number of carbonyl (C=O) groups is 1. The predicted octanol–water partition coefficient (Wildman–Crippen LogP) is 1.72. The highest BCUT2D eigenvalue weighted by Crippen LogP contribution is 2.10. The van der Waals surface area contributed by atoms with E-state index in [0.29, 0.717) is 25.0 Å². The van der Waals surface area contributed by atoms with Crippen molar-refractivity contribution in [2.75, 3.05) is 31.6 Å². The first kappa shape index (κ1) is 17.3. The minimum Gasteiger partial charge on any atom is -0.354 e. The van der Waals surface area contributed by atoms with Crippen LogP contribution in [0.15, 0.2) is 30.3 Å². The van der Waals surface area contributed by atoms with Gasteiger partial charge in [-0.15, -0.1) is 0 Å². The molecule has 1 fully saturated rings. The Bertz CT molecular complexity index is 448. The molecular weight excluding hydrogens is 294 g/mol. The molecule has 2 atom stereocenters. The van der Waals surface area contributed by atoms with Gasteiger partial charge in [-0.3, -0.25) is 9.69 Å². The Hall–Kier alpha value is -1.04. The summed E-state index contributed by atoms with van der Waals surface area (Å²) in [6.07, 6.45) is 0.585. The average Bonchev–Trinajstić information content (AvgIpc) is 2.54. The molecule has 1 heterocycles. The molecule has 2 N–H and O–H groups in total. The second-order valence-electron chi connectivity index (χ2n) is 5.98. The fourth-order valence-electron chi connectivity index (χ4n) is 2.49. The van der Waals surface area contributed by atoms with Crippen LogP contribution in [0.5, 0.6) is 0 Å². The molecule has 4 nitrogen and oxygen atoms in total. The number of hydrogen-bond donors (Lipinski definition) is 2. The van der Waals surface area contributed by atoms with Gasteiger partial charge in [-0.25, -0.2) is 0 Å². The minimum absolute atomic E-state index is 0.153. The zero-order chi connectivity index (χ0) is 15.8. The summed E-state index contributed by atoms with van der Waals surface area (Å²) in [4.78, 5) is 14.3. The van der Waals surface area contributed by atoms with E-state index in [9.17, 15) is 4.79 Å². The van der Waals surface area contributed by atoms with Gasteiger partial charge in [0.15, 0.2) is 0 Å². The van der Waals surface area contributed by atoms with Crippen LogP contribution in [0.25, 0.3) is 0 Å². The number of nitrogens with one attached hydrogen (secondary N) is 2. The number of hydrogen-bond acceptors (Lipinski definition) is 4. The highest BCUT2D eigenvalue weighted by Gasteiger charge is 2.17. The highest BCUT2D eigenvalue weighted by molar-refractivity contribution is 7.99. The van der Waals surface area contributed by atoms with Gasteiger partial charge in [0.1, 0.15) is 0 Å². The van der Waals surface area contributed by atoms with Gasteiger partial charge >= 0.3 is 0 Å². The molecule has 122 valence electrons. The van der Waals surface area contributed by atoms with Crippen molar-refractivity contribution in [1.29, 1.82) is 0 Å². The fraction of sp³-hybridized carbons (Fsp3) is 0.588. The van der Waals surface area contributed by atoms with Crippen LogP contribution in [-0.4, -0.2) is 54.5 Å². The first-order valence-corrected chi connectivity index (χ1v) is 9.12. The maximum Gasteiger partial charge on any atom is 0.221 e. The molecule has 2 unspecified atom stereocenters. The van der Waals surface area contributed by atoms with Crippen LogP contribution >= 0.6 is 11.8 Å². The van der Waals surface area contributed by atoms with Gasteiger partial charge in [-0.05, 0) is 19.5 Å². The Kier molecular flexibility index (Phi) is 7.22. The molecule has 0 spiro atoms. The number of rotatable bonds is 7. The Morgan fingerprint density at radius 2 is 2.23 bits per heavy atom.